The Morgan fingerprint density at radius 2 is 1.68 bits per heavy atom. The molecule has 2 rings (SSSR count). The van der Waals surface area contributed by atoms with E-state index < -0.39 is 17.5 Å². The fraction of sp³-hybridized carbons (Fsp3) is 0.0833. The molecule has 1 aromatic carbocycles. The summed E-state index contributed by atoms with van der Waals surface area (Å²) >= 11 is 6.54. The maximum atomic E-state index is 13.4. The molecule has 2 aromatic rings. The van der Waals surface area contributed by atoms with Crippen molar-refractivity contribution < 1.29 is 13.2 Å². The van der Waals surface area contributed by atoms with E-state index in [0.717, 1.165) is 4.47 Å². The lowest BCUT2D eigenvalue weighted by molar-refractivity contribution is 0.547. The monoisotopic (exact) mass is 394 g/mol. The number of hydrogen-bond donors (Lipinski definition) is 1. The quantitative estimate of drug-likeness (QED) is 0.819. The van der Waals surface area contributed by atoms with Gasteiger partial charge in [0.15, 0.2) is 11.6 Å². The van der Waals surface area contributed by atoms with Crippen molar-refractivity contribution in [2.24, 2.45) is 0 Å². The first-order valence-corrected chi connectivity index (χ1v) is 6.74. The minimum Gasteiger partial charge on any atom is -0.375 e. The van der Waals surface area contributed by atoms with E-state index in [1.165, 1.54) is 0 Å². The molecule has 0 atom stereocenters. The second-order valence-electron chi connectivity index (χ2n) is 3.68. The highest BCUT2D eigenvalue weighted by Gasteiger charge is 2.12. The molecule has 0 aliphatic carbocycles. The molecule has 0 saturated carbocycles. The molecule has 2 nitrogen and oxygen atoms in total. The van der Waals surface area contributed by atoms with E-state index in [1.807, 2.05) is 0 Å². The van der Waals surface area contributed by atoms with Gasteiger partial charge in [-0.2, -0.15) is 0 Å². The maximum absolute atomic E-state index is 13.4. The van der Waals surface area contributed by atoms with Crippen LogP contribution in [0.1, 0.15) is 5.69 Å². The molecule has 0 spiro atoms. The zero-order valence-electron chi connectivity index (χ0n) is 9.35. The van der Waals surface area contributed by atoms with E-state index in [1.54, 1.807) is 12.3 Å². The third kappa shape index (κ3) is 3.48. The largest absolute Gasteiger partial charge is 0.375 e. The summed E-state index contributed by atoms with van der Waals surface area (Å²) in [5.74, 6) is -2.92. The van der Waals surface area contributed by atoms with E-state index in [2.05, 4.69) is 42.2 Å². The van der Waals surface area contributed by atoms with Crippen LogP contribution in [0.25, 0.3) is 0 Å². The molecule has 0 unspecified atom stereocenters. The summed E-state index contributed by atoms with van der Waals surface area (Å²) in [6.45, 7) is 0.104. The SMILES string of the molecule is Fc1cc(F)c(NCc2ncc(Br)cc2Br)c(F)c1. The van der Waals surface area contributed by atoms with Gasteiger partial charge in [0.25, 0.3) is 0 Å². The second-order valence-corrected chi connectivity index (χ2v) is 5.45. The molecule has 0 aliphatic heterocycles. The second kappa shape index (κ2) is 5.92. The summed E-state index contributed by atoms with van der Waals surface area (Å²) in [6.07, 6.45) is 1.57. The topological polar surface area (TPSA) is 24.9 Å². The van der Waals surface area contributed by atoms with Crippen LogP contribution in [0.5, 0.6) is 0 Å². The normalized spacial score (nSPS) is 10.6. The van der Waals surface area contributed by atoms with Gasteiger partial charge >= 0.3 is 0 Å². The zero-order valence-corrected chi connectivity index (χ0v) is 12.5. The molecule has 0 aliphatic rings. The summed E-state index contributed by atoms with van der Waals surface area (Å²) in [5.41, 5.74) is 0.198. The van der Waals surface area contributed by atoms with Crippen molar-refractivity contribution in [1.82, 2.24) is 4.98 Å². The molecule has 1 heterocycles. The van der Waals surface area contributed by atoms with Gasteiger partial charge in [-0.25, -0.2) is 13.2 Å². The number of pyridine rings is 1. The lowest BCUT2D eigenvalue weighted by Crippen LogP contribution is -2.06. The van der Waals surface area contributed by atoms with Crippen molar-refractivity contribution >= 4 is 37.5 Å². The standard InChI is InChI=1S/C12H7Br2F3N2/c13-6-1-8(14)11(18-4-6)5-19-12-9(16)2-7(15)3-10(12)17/h1-4,19H,5H2. The number of aromatic nitrogens is 1. The van der Waals surface area contributed by atoms with Crippen LogP contribution in [-0.2, 0) is 6.54 Å². The number of benzene rings is 1. The fourth-order valence-electron chi connectivity index (χ4n) is 1.46. The third-order valence-corrected chi connectivity index (χ3v) is 3.44. The number of hydrogen-bond acceptors (Lipinski definition) is 2. The van der Waals surface area contributed by atoms with Crippen molar-refractivity contribution in [3.05, 3.63) is 56.5 Å². The summed E-state index contributed by atoms with van der Waals surface area (Å²) in [5, 5.41) is 2.56. The van der Waals surface area contributed by atoms with Crippen molar-refractivity contribution in [3.8, 4) is 0 Å². The van der Waals surface area contributed by atoms with Crippen molar-refractivity contribution in [2.45, 2.75) is 6.54 Å². The van der Waals surface area contributed by atoms with E-state index in [4.69, 9.17) is 0 Å². The Kier molecular flexibility index (Phi) is 4.46. The number of anilines is 1. The van der Waals surface area contributed by atoms with E-state index in [-0.39, 0.29) is 12.2 Å². The molecule has 0 bridgehead atoms. The van der Waals surface area contributed by atoms with E-state index in [0.29, 0.717) is 22.3 Å². The Balaban J connectivity index is 2.19. The van der Waals surface area contributed by atoms with Gasteiger partial charge in [0.05, 0.1) is 12.2 Å². The third-order valence-electron chi connectivity index (χ3n) is 2.32. The van der Waals surface area contributed by atoms with E-state index in [9.17, 15) is 13.2 Å². The van der Waals surface area contributed by atoms with Crippen LogP contribution in [-0.4, -0.2) is 4.98 Å². The average Bonchev–Trinajstić information content (AvgIpc) is 2.30. The molecular weight excluding hydrogens is 389 g/mol. The van der Waals surface area contributed by atoms with Gasteiger partial charge in [-0.1, -0.05) is 0 Å². The average molecular weight is 396 g/mol. The van der Waals surface area contributed by atoms with Crippen LogP contribution in [0.15, 0.2) is 33.3 Å². The molecule has 19 heavy (non-hydrogen) atoms. The molecule has 1 N–H and O–H groups in total. The predicted octanol–water partition coefficient (Wildman–Crippen LogP) is 4.64. The molecule has 100 valence electrons. The number of halogens is 5. The van der Waals surface area contributed by atoms with Gasteiger partial charge in [-0.15, -0.1) is 0 Å². The van der Waals surface area contributed by atoms with Crippen LogP contribution in [0.3, 0.4) is 0 Å². The number of nitrogens with zero attached hydrogens (tertiary/aromatic N) is 1. The first-order chi connectivity index (χ1) is 8.97. The lowest BCUT2D eigenvalue weighted by Gasteiger charge is -2.09. The van der Waals surface area contributed by atoms with Gasteiger partial charge in [0.1, 0.15) is 11.5 Å². The Bertz CT molecular complexity index is 597. The van der Waals surface area contributed by atoms with Crippen LogP contribution in [0.2, 0.25) is 0 Å². The summed E-state index contributed by atoms with van der Waals surface area (Å²) in [4.78, 5) is 4.09. The molecule has 0 saturated heterocycles. The first-order valence-electron chi connectivity index (χ1n) is 5.15. The highest BCUT2D eigenvalue weighted by atomic mass is 79.9. The van der Waals surface area contributed by atoms with Crippen LogP contribution >= 0.6 is 31.9 Å². The Morgan fingerprint density at radius 3 is 2.26 bits per heavy atom. The van der Waals surface area contributed by atoms with Crippen molar-refractivity contribution in [3.63, 3.8) is 0 Å². The Morgan fingerprint density at radius 1 is 1.05 bits per heavy atom. The van der Waals surface area contributed by atoms with E-state index >= 15 is 0 Å². The molecule has 1 aromatic heterocycles. The van der Waals surface area contributed by atoms with Crippen LogP contribution < -0.4 is 5.32 Å². The minimum atomic E-state index is -0.981. The molecule has 0 amide bonds. The van der Waals surface area contributed by atoms with Crippen molar-refractivity contribution in [1.29, 1.82) is 0 Å². The van der Waals surface area contributed by atoms with Gasteiger partial charge in [0.2, 0.25) is 0 Å². The molecule has 0 fully saturated rings. The summed E-state index contributed by atoms with van der Waals surface area (Å²) < 4.78 is 41.0. The fourth-order valence-corrected chi connectivity index (χ4v) is 2.58. The van der Waals surface area contributed by atoms with Crippen LogP contribution in [0, 0.1) is 17.5 Å². The molecule has 7 heteroatoms. The van der Waals surface area contributed by atoms with Gasteiger partial charge in [-0.3, -0.25) is 4.98 Å². The number of rotatable bonds is 3. The van der Waals surface area contributed by atoms with Crippen LogP contribution in [0.4, 0.5) is 18.9 Å². The summed E-state index contributed by atoms with van der Waals surface area (Å²) in [6, 6.07) is 3.01. The smallest absolute Gasteiger partial charge is 0.152 e. The van der Waals surface area contributed by atoms with Crippen molar-refractivity contribution in [2.75, 3.05) is 5.32 Å². The number of nitrogens with one attached hydrogen (secondary N) is 1. The molecular formula is C12H7Br2F3N2. The maximum Gasteiger partial charge on any atom is 0.152 e. The Labute approximate surface area is 124 Å². The highest BCUT2D eigenvalue weighted by Crippen LogP contribution is 2.23. The van der Waals surface area contributed by atoms with Gasteiger partial charge < -0.3 is 5.32 Å². The molecule has 0 radical (unpaired) electrons. The first kappa shape index (κ1) is 14.3. The highest BCUT2D eigenvalue weighted by molar-refractivity contribution is 9.11. The lowest BCUT2D eigenvalue weighted by atomic mass is 10.2. The van der Waals surface area contributed by atoms with Gasteiger partial charge in [0, 0.05) is 27.3 Å². The Hall–Kier alpha value is -1.08. The zero-order chi connectivity index (χ0) is 14.0. The minimum absolute atomic E-state index is 0.104. The summed E-state index contributed by atoms with van der Waals surface area (Å²) in [7, 11) is 0. The predicted molar refractivity (Wildman–Crippen MR) is 73.3 cm³/mol. The van der Waals surface area contributed by atoms with Gasteiger partial charge in [-0.05, 0) is 37.9 Å².